The zero-order chi connectivity index (χ0) is 13.9. The molecule has 0 aliphatic carbocycles. The molecule has 4 nitrogen and oxygen atoms in total. The van der Waals surface area contributed by atoms with E-state index in [1.807, 2.05) is 30.3 Å². The van der Waals surface area contributed by atoms with E-state index in [9.17, 15) is 4.79 Å². The third-order valence-electron chi connectivity index (χ3n) is 2.97. The molecule has 0 saturated carbocycles. The summed E-state index contributed by atoms with van der Waals surface area (Å²) in [6, 6.07) is 10.0. The SMILES string of the molecule is CC(C)(C(=O)O)c1csc(NCc2ccccc2)n1. The molecule has 0 amide bonds. The van der Waals surface area contributed by atoms with Gasteiger partial charge in [-0.2, -0.15) is 0 Å². The number of hydrogen-bond acceptors (Lipinski definition) is 4. The van der Waals surface area contributed by atoms with E-state index >= 15 is 0 Å². The maximum Gasteiger partial charge on any atom is 0.315 e. The van der Waals surface area contributed by atoms with Gasteiger partial charge in [-0.3, -0.25) is 4.79 Å². The van der Waals surface area contributed by atoms with Gasteiger partial charge in [-0.1, -0.05) is 30.3 Å². The first kappa shape index (κ1) is 13.5. The van der Waals surface area contributed by atoms with Gasteiger partial charge < -0.3 is 10.4 Å². The lowest BCUT2D eigenvalue weighted by molar-refractivity contribution is -0.142. The van der Waals surface area contributed by atoms with E-state index < -0.39 is 11.4 Å². The van der Waals surface area contributed by atoms with E-state index in [2.05, 4.69) is 10.3 Å². The number of nitrogens with zero attached hydrogens (tertiary/aromatic N) is 1. The Morgan fingerprint density at radius 2 is 2.05 bits per heavy atom. The maximum absolute atomic E-state index is 11.2. The maximum atomic E-state index is 11.2. The first-order valence-corrected chi connectivity index (χ1v) is 6.85. The number of thiazole rings is 1. The molecule has 0 fully saturated rings. The highest BCUT2D eigenvalue weighted by Gasteiger charge is 2.32. The summed E-state index contributed by atoms with van der Waals surface area (Å²) < 4.78 is 0. The lowest BCUT2D eigenvalue weighted by Gasteiger charge is -2.15. The number of aliphatic carboxylic acids is 1. The summed E-state index contributed by atoms with van der Waals surface area (Å²) in [7, 11) is 0. The third kappa shape index (κ3) is 3.12. The average Bonchev–Trinajstić information content (AvgIpc) is 2.87. The molecule has 0 unspecified atom stereocenters. The molecule has 2 aromatic rings. The number of carbonyl (C=O) groups is 1. The Morgan fingerprint density at radius 3 is 2.68 bits per heavy atom. The van der Waals surface area contributed by atoms with E-state index in [1.165, 1.54) is 11.3 Å². The number of rotatable bonds is 5. The highest BCUT2D eigenvalue weighted by atomic mass is 32.1. The monoisotopic (exact) mass is 276 g/mol. The van der Waals surface area contributed by atoms with Gasteiger partial charge in [-0.05, 0) is 19.4 Å². The molecule has 0 bridgehead atoms. The molecule has 19 heavy (non-hydrogen) atoms. The molecule has 0 spiro atoms. The fourth-order valence-corrected chi connectivity index (χ4v) is 2.40. The lowest BCUT2D eigenvalue weighted by atomic mass is 9.90. The van der Waals surface area contributed by atoms with E-state index in [0.717, 1.165) is 10.7 Å². The van der Waals surface area contributed by atoms with Crippen LogP contribution in [0.1, 0.15) is 25.1 Å². The Labute approximate surface area is 116 Å². The second-order valence-electron chi connectivity index (χ2n) is 4.81. The van der Waals surface area contributed by atoms with Crippen molar-refractivity contribution in [1.82, 2.24) is 4.98 Å². The topological polar surface area (TPSA) is 62.2 Å². The second-order valence-corrected chi connectivity index (χ2v) is 5.67. The molecule has 2 N–H and O–H groups in total. The third-order valence-corrected chi connectivity index (χ3v) is 3.77. The molecular weight excluding hydrogens is 260 g/mol. The standard InChI is InChI=1S/C14H16N2O2S/c1-14(2,12(17)18)11-9-19-13(16-11)15-8-10-6-4-3-5-7-10/h3-7,9H,8H2,1-2H3,(H,15,16)(H,17,18). The van der Waals surface area contributed by atoms with Crippen molar-refractivity contribution in [2.45, 2.75) is 25.8 Å². The number of anilines is 1. The fourth-order valence-electron chi connectivity index (χ4n) is 1.53. The van der Waals surface area contributed by atoms with Gasteiger partial charge in [0, 0.05) is 11.9 Å². The van der Waals surface area contributed by atoms with Crippen molar-refractivity contribution in [3.05, 3.63) is 47.0 Å². The highest BCUT2D eigenvalue weighted by Crippen LogP contribution is 2.27. The normalized spacial score (nSPS) is 11.3. The zero-order valence-corrected chi connectivity index (χ0v) is 11.7. The molecule has 1 aromatic heterocycles. The molecule has 2 rings (SSSR count). The van der Waals surface area contributed by atoms with E-state index in [1.54, 1.807) is 19.2 Å². The minimum Gasteiger partial charge on any atom is -0.481 e. The van der Waals surface area contributed by atoms with Crippen molar-refractivity contribution in [3.8, 4) is 0 Å². The molecule has 0 saturated heterocycles. The molecule has 1 aromatic carbocycles. The van der Waals surface area contributed by atoms with Crippen molar-refractivity contribution in [1.29, 1.82) is 0 Å². The second kappa shape index (κ2) is 5.40. The van der Waals surface area contributed by atoms with E-state index in [-0.39, 0.29) is 0 Å². The summed E-state index contributed by atoms with van der Waals surface area (Å²) in [4.78, 5) is 15.5. The molecular formula is C14H16N2O2S. The van der Waals surface area contributed by atoms with Gasteiger partial charge >= 0.3 is 5.97 Å². The van der Waals surface area contributed by atoms with Gasteiger partial charge in [0.1, 0.15) is 5.41 Å². The number of hydrogen-bond donors (Lipinski definition) is 2. The van der Waals surface area contributed by atoms with Crippen molar-refractivity contribution in [2.24, 2.45) is 0 Å². The number of carboxylic acid groups (broad SMARTS) is 1. The van der Waals surface area contributed by atoms with Crippen LogP contribution in [0.4, 0.5) is 5.13 Å². The summed E-state index contributed by atoms with van der Waals surface area (Å²) in [5.74, 6) is -0.868. The van der Waals surface area contributed by atoms with Crippen LogP contribution in [0.5, 0.6) is 0 Å². The predicted molar refractivity (Wildman–Crippen MR) is 76.5 cm³/mol. The fraction of sp³-hybridized carbons (Fsp3) is 0.286. The van der Waals surface area contributed by atoms with Crippen molar-refractivity contribution >= 4 is 22.4 Å². The van der Waals surface area contributed by atoms with Crippen LogP contribution < -0.4 is 5.32 Å². The number of nitrogens with one attached hydrogen (secondary N) is 1. The Kier molecular flexibility index (Phi) is 3.85. The van der Waals surface area contributed by atoms with Gasteiger partial charge in [0.2, 0.25) is 0 Å². The van der Waals surface area contributed by atoms with Crippen LogP contribution >= 0.6 is 11.3 Å². The van der Waals surface area contributed by atoms with Crippen LogP contribution in [0.15, 0.2) is 35.7 Å². The van der Waals surface area contributed by atoms with E-state index in [0.29, 0.717) is 12.2 Å². The summed E-state index contributed by atoms with van der Waals surface area (Å²) in [6.45, 7) is 4.00. The largest absolute Gasteiger partial charge is 0.481 e. The molecule has 100 valence electrons. The molecule has 0 atom stereocenters. The minimum atomic E-state index is -0.955. The predicted octanol–water partition coefficient (Wildman–Crippen LogP) is 3.12. The molecule has 5 heteroatoms. The van der Waals surface area contributed by atoms with Crippen molar-refractivity contribution < 1.29 is 9.90 Å². The van der Waals surface area contributed by atoms with Crippen LogP contribution in [0.25, 0.3) is 0 Å². The van der Waals surface area contributed by atoms with Crippen LogP contribution in [-0.4, -0.2) is 16.1 Å². The van der Waals surface area contributed by atoms with Crippen LogP contribution in [0.3, 0.4) is 0 Å². The minimum absolute atomic E-state index is 0.584. The van der Waals surface area contributed by atoms with Gasteiger partial charge in [-0.15, -0.1) is 11.3 Å². The first-order valence-electron chi connectivity index (χ1n) is 5.97. The Morgan fingerprint density at radius 1 is 1.37 bits per heavy atom. The Balaban J connectivity index is 2.04. The van der Waals surface area contributed by atoms with E-state index in [4.69, 9.17) is 5.11 Å². The molecule has 1 heterocycles. The quantitative estimate of drug-likeness (QED) is 0.880. The Hall–Kier alpha value is -1.88. The summed E-state index contributed by atoms with van der Waals surface area (Å²) in [5, 5.41) is 14.9. The summed E-state index contributed by atoms with van der Waals surface area (Å²) in [5.41, 5.74) is 0.792. The molecule has 0 radical (unpaired) electrons. The summed E-state index contributed by atoms with van der Waals surface area (Å²) >= 11 is 1.43. The van der Waals surface area contributed by atoms with Gasteiger partial charge in [0.25, 0.3) is 0 Å². The number of aromatic nitrogens is 1. The van der Waals surface area contributed by atoms with Crippen LogP contribution in [0.2, 0.25) is 0 Å². The first-order chi connectivity index (χ1) is 9.00. The van der Waals surface area contributed by atoms with Crippen LogP contribution in [0, 0.1) is 0 Å². The molecule has 0 aliphatic rings. The Bertz CT molecular complexity index is 564. The summed E-state index contributed by atoms with van der Waals surface area (Å²) in [6.07, 6.45) is 0. The van der Waals surface area contributed by atoms with Gasteiger partial charge in [0.05, 0.1) is 5.69 Å². The number of carboxylic acids is 1. The lowest BCUT2D eigenvalue weighted by Crippen LogP contribution is -2.28. The smallest absolute Gasteiger partial charge is 0.315 e. The van der Waals surface area contributed by atoms with Crippen LogP contribution in [-0.2, 0) is 16.8 Å². The van der Waals surface area contributed by atoms with Crippen molar-refractivity contribution in [3.63, 3.8) is 0 Å². The van der Waals surface area contributed by atoms with Crippen molar-refractivity contribution in [2.75, 3.05) is 5.32 Å². The van der Waals surface area contributed by atoms with Gasteiger partial charge in [0.15, 0.2) is 5.13 Å². The molecule has 0 aliphatic heterocycles. The number of benzene rings is 1. The highest BCUT2D eigenvalue weighted by molar-refractivity contribution is 7.13. The average molecular weight is 276 g/mol. The zero-order valence-electron chi connectivity index (χ0n) is 10.9. The van der Waals surface area contributed by atoms with Gasteiger partial charge in [-0.25, -0.2) is 4.98 Å².